The van der Waals surface area contributed by atoms with Crippen LogP contribution in [0.2, 0.25) is 25.7 Å². The van der Waals surface area contributed by atoms with E-state index in [4.69, 9.17) is 29.6 Å². The number of nitrogens with one attached hydrogen (secondary N) is 5. The van der Waals surface area contributed by atoms with Crippen LogP contribution in [0.3, 0.4) is 0 Å². The van der Waals surface area contributed by atoms with E-state index < -0.39 is 116 Å². The van der Waals surface area contributed by atoms with Crippen LogP contribution in [0.25, 0.3) is 0 Å². The van der Waals surface area contributed by atoms with Crippen molar-refractivity contribution in [1.29, 1.82) is 0 Å². The van der Waals surface area contributed by atoms with Crippen molar-refractivity contribution in [3.63, 3.8) is 0 Å². The molecule has 0 aliphatic carbocycles. The van der Waals surface area contributed by atoms with Gasteiger partial charge in [0.25, 0.3) is 0 Å². The number of Topliss-reactive ketones (excluding diaryl/α,β-unsaturated/α-hetero) is 2. The van der Waals surface area contributed by atoms with Gasteiger partial charge in [-0.3, -0.25) is 52.7 Å². The molecule has 106 heavy (non-hydrogen) atoms. The van der Waals surface area contributed by atoms with E-state index in [1.807, 2.05) is 55.4 Å². The van der Waals surface area contributed by atoms with Gasteiger partial charge in [-0.25, -0.2) is 4.79 Å². The largest absolute Gasteiger partial charge is 0.508 e. The lowest BCUT2D eigenvalue weighted by Crippen LogP contribution is -2.56. The molecule has 0 saturated carbocycles. The highest BCUT2D eigenvalue weighted by atomic mass is 28.3. The van der Waals surface area contributed by atoms with E-state index in [0.29, 0.717) is 102 Å². The van der Waals surface area contributed by atoms with Crippen LogP contribution in [0.1, 0.15) is 153 Å². The second kappa shape index (κ2) is 50.6. The summed E-state index contributed by atoms with van der Waals surface area (Å²) in [5.74, 6) is -5.23. The minimum atomic E-state index is -1.31. The first-order chi connectivity index (χ1) is 51.6. The van der Waals surface area contributed by atoms with Gasteiger partial charge in [0.05, 0.1) is 58.2 Å². The Kier molecular flexibility index (Phi) is 44.1. The maximum Gasteiger partial charge on any atom is 0.407 e. The van der Waals surface area contributed by atoms with Crippen LogP contribution in [0.15, 0.2) is 48.5 Å². The predicted molar refractivity (Wildman–Crippen MR) is 411 cm³/mol. The molecule has 0 aliphatic rings. The first-order valence-electron chi connectivity index (χ1n) is 39.0. The van der Waals surface area contributed by atoms with Gasteiger partial charge in [0, 0.05) is 82.7 Å². The molecule has 2 rings (SSSR count). The van der Waals surface area contributed by atoms with E-state index in [1.54, 1.807) is 36.4 Å². The number of aromatic hydroxyl groups is 1. The Morgan fingerprint density at radius 3 is 1.28 bits per heavy atom. The lowest BCUT2D eigenvalue weighted by Gasteiger charge is -2.33. The minimum Gasteiger partial charge on any atom is -0.508 e. The number of benzene rings is 2. The van der Waals surface area contributed by atoms with Crippen molar-refractivity contribution in [3.8, 4) is 11.5 Å². The van der Waals surface area contributed by atoms with Crippen LogP contribution in [0.4, 0.5) is 4.79 Å². The molecule has 9 amide bonds. The number of carbonyl (C=O) groups is 12. The molecule has 30 heteroatoms. The maximum absolute atomic E-state index is 14.0. The third-order valence-electron chi connectivity index (χ3n) is 17.5. The summed E-state index contributed by atoms with van der Waals surface area (Å²) in [5.41, 5.74) is 1.28. The van der Waals surface area contributed by atoms with Crippen molar-refractivity contribution in [1.82, 2.24) is 46.2 Å². The SMILES string of the molecule is CCC(C)[C@H](NC(=O)CN(C)C(=O)[C@@H](Cc1ccc(O)cc1)N(C)C(=O)[C@H](C)NC(=O)[C@H](O)CC(C)C)C(C)=O.CCC(C)[C@H](NC(=O)CN(C)C(=O)[C@@H](Cc1ccc(OC(=O)CCCCOCCOCCOCCCNC(=O)OCC[Si](C)(C)C)cc1)N(C)C(=O)[C@H](C)NC(=O)[C@H](O)CC(C)C)C(C)=O.[2HH].[2H][2H].[2H][2H]. The third-order valence-corrected chi connectivity index (χ3v) is 19.2. The van der Waals surface area contributed by atoms with E-state index >= 15 is 0 Å². The number of likely N-dealkylation sites (N-methyl/N-ethyl adjacent to an activating group) is 4. The summed E-state index contributed by atoms with van der Waals surface area (Å²) < 4.78 is 47.4. The molecule has 2 unspecified atom stereocenters. The van der Waals surface area contributed by atoms with Crippen molar-refractivity contribution in [3.05, 3.63) is 59.7 Å². The summed E-state index contributed by atoms with van der Waals surface area (Å²) in [6.45, 7) is 30.2. The normalized spacial score (nSPS) is 14.3. The molecule has 2 aromatic rings. The van der Waals surface area contributed by atoms with Gasteiger partial charge >= 0.3 is 12.1 Å². The number of unbranched alkanes of at least 4 members (excludes halogenated alkanes) is 1. The first kappa shape index (κ1) is 92.3. The fourth-order valence-corrected chi connectivity index (χ4v) is 11.4. The standard InChI is InChI=1S/C47H81N5O13Si.C29H46N4O7.3H2/c1-12-34(4)43(36(6)53)50-41(55)32-51(7)46(59)39(52(8)45(58)35(5)49-44(57)40(54)30-33(2)3)31-37-17-19-38(20-18-37)65-42(56)16-13-14-22-61-24-26-63-27-25-62-23-15-21-48-47(60)64-28-29-66(9,10)11;1-9-18(4)26(20(6)34)31-25(37)16-32(7)29(40)23(15-21-10-12-22(35)13-11-21)33(8)28(39)19(5)30-27(38)24(36)14-17(2)3;;;/h17-20,33-35,39-40,43,54H,12-16,21-32H2,1-11H3,(H,48,60)(H,49,57)(H,50,55);10-13,17-19,23-24,26,35-36H,9,14-16H2,1-8H3,(H,30,38)(H,31,37);3*1H/t34?,35-,39+,40+,43-;18?,19-,23+,24+,26-;;;/m00.../s1/i;;2*1+1D;1+1. The number of amides is 9. The zero-order valence-corrected chi connectivity index (χ0v) is 67.5. The quantitative estimate of drug-likeness (QED) is 0.0160. The average Bonchev–Trinajstić information content (AvgIpc) is 0.830. The number of aliphatic hydroxyl groups is 2. The zero-order chi connectivity index (χ0) is 84.6. The van der Waals surface area contributed by atoms with Crippen molar-refractivity contribution in [2.24, 2.45) is 23.7 Å². The lowest BCUT2D eigenvalue weighted by atomic mass is 9.96. The number of ether oxygens (including phenoxy) is 5. The summed E-state index contributed by atoms with van der Waals surface area (Å²) in [6, 6.07) is 7.94. The van der Waals surface area contributed by atoms with E-state index in [9.17, 15) is 72.9 Å². The second-order valence-corrected chi connectivity index (χ2v) is 35.0. The van der Waals surface area contributed by atoms with Crippen molar-refractivity contribution < 1.29 is 104 Å². The fraction of sp³-hybridized carbons (Fsp3) is 0.684. The van der Waals surface area contributed by atoms with Gasteiger partial charge in [0.2, 0.25) is 47.3 Å². The van der Waals surface area contributed by atoms with Gasteiger partial charge in [-0.1, -0.05) is 112 Å². The van der Waals surface area contributed by atoms with Crippen LogP contribution >= 0.6 is 0 Å². The van der Waals surface area contributed by atoms with Gasteiger partial charge in [-0.2, -0.15) is 0 Å². The van der Waals surface area contributed by atoms with Crippen LogP contribution in [0, 0.1) is 23.7 Å². The Morgan fingerprint density at radius 2 is 0.906 bits per heavy atom. The summed E-state index contributed by atoms with van der Waals surface area (Å²) >= 11 is 0. The Labute approximate surface area is 637 Å². The molecular formula is C76H133N9O20Si. The molecule has 606 valence electrons. The van der Waals surface area contributed by atoms with E-state index in [1.165, 1.54) is 87.6 Å². The number of hydrogen-bond acceptors (Lipinski definition) is 20. The number of rotatable bonds is 49. The molecule has 0 spiro atoms. The number of phenols is 1. The summed E-state index contributed by atoms with van der Waals surface area (Å²) in [6.07, 6.45) is 0.927. The molecule has 0 heterocycles. The van der Waals surface area contributed by atoms with E-state index in [-0.39, 0.29) is 87.6 Å². The Hall–Kier alpha value is -7.90. The first-order valence-corrected chi connectivity index (χ1v) is 40.7. The predicted octanol–water partition coefficient (Wildman–Crippen LogP) is 6.12. The molecule has 0 fully saturated rings. The lowest BCUT2D eigenvalue weighted by molar-refractivity contribution is -0.147. The van der Waals surface area contributed by atoms with Crippen LogP contribution in [0.5, 0.6) is 11.5 Å². The number of phenolic OH excluding ortho intramolecular Hbond substituents is 1. The van der Waals surface area contributed by atoms with Crippen LogP contribution in [-0.2, 0) is 84.5 Å². The van der Waals surface area contributed by atoms with Crippen LogP contribution < -0.4 is 31.3 Å². The van der Waals surface area contributed by atoms with Crippen molar-refractivity contribution in [2.75, 3.05) is 94.1 Å². The van der Waals surface area contributed by atoms with E-state index in [0.717, 1.165) is 6.04 Å². The number of esters is 1. The van der Waals surface area contributed by atoms with Gasteiger partial charge in [0.15, 0.2) is 11.6 Å². The number of ketones is 2. The molecule has 0 aliphatic heterocycles. The summed E-state index contributed by atoms with van der Waals surface area (Å²) in [7, 11) is 4.49. The molecule has 0 bridgehead atoms. The highest BCUT2D eigenvalue weighted by Gasteiger charge is 2.37. The number of carbonyl (C=O) groups excluding carboxylic acids is 12. The fourth-order valence-electron chi connectivity index (χ4n) is 10.7. The average molecular weight is 1530 g/mol. The van der Waals surface area contributed by atoms with Gasteiger partial charge < -0.3 is 85.2 Å². The second-order valence-electron chi connectivity index (χ2n) is 29.4. The van der Waals surface area contributed by atoms with Crippen molar-refractivity contribution >= 4 is 79.0 Å². The number of alkyl carbamates (subject to hydrolysis) is 1. The molecule has 10 atom stereocenters. The molecule has 8 N–H and O–H groups in total. The molecular weight excluding hydrogens is 1390 g/mol. The van der Waals surface area contributed by atoms with Crippen molar-refractivity contribution in [2.45, 2.75) is 221 Å². The molecule has 0 aromatic heterocycles. The topological polar surface area (TPSA) is 385 Å². The Morgan fingerprint density at radius 1 is 0.519 bits per heavy atom. The summed E-state index contributed by atoms with van der Waals surface area (Å²) in [5, 5.41) is 43.2. The Bertz CT molecular complexity index is 3090. The van der Waals surface area contributed by atoms with Gasteiger partial charge in [-0.15, -0.1) is 0 Å². The summed E-state index contributed by atoms with van der Waals surface area (Å²) in [4.78, 5) is 159. The highest BCUT2D eigenvalue weighted by Crippen LogP contribution is 2.21. The molecule has 2 aromatic carbocycles. The monoisotopic (exact) mass is 1520 g/mol. The smallest absolute Gasteiger partial charge is 0.407 e. The number of aliphatic hydroxyl groups excluding tert-OH is 2. The van der Waals surface area contributed by atoms with E-state index in [2.05, 4.69) is 46.2 Å². The maximum atomic E-state index is 14.0. The minimum absolute atomic E-state index is 0. The Balaban J connectivity index is -0.00000221. The molecule has 0 saturated heterocycles. The zero-order valence-electron chi connectivity index (χ0n) is 70.5. The van der Waals surface area contributed by atoms with Crippen LogP contribution in [-0.4, -0.2) is 256 Å². The number of nitrogens with zero attached hydrogens (tertiary/aromatic N) is 4. The van der Waals surface area contributed by atoms with Gasteiger partial charge in [-0.05, 0) is 125 Å². The third kappa shape index (κ3) is 39.1. The number of hydrogen-bond donors (Lipinski definition) is 8. The molecule has 29 nitrogen and oxygen atoms in total. The molecule has 0 radical (unpaired) electrons. The van der Waals surface area contributed by atoms with Gasteiger partial charge in [0.1, 0.15) is 47.9 Å². The highest BCUT2D eigenvalue weighted by molar-refractivity contribution is 6.76.